The normalized spacial score (nSPS) is 17.2. The summed E-state index contributed by atoms with van der Waals surface area (Å²) in [6.07, 6.45) is 3.48. The summed E-state index contributed by atoms with van der Waals surface area (Å²) in [4.78, 5) is 19.3. The Morgan fingerprint density at radius 1 is 1.03 bits per heavy atom. The second-order valence-corrected chi connectivity index (χ2v) is 9.67. The zero-order valence-electron chi connectivity index (χ0n) is 17.5. The van der Waals surface area contributed by atoms with E-state index in [1.807, 2.05) is 24.3 Å². The SMILES string of the molecule is O=c1/c(=C\c2cc(Cl)ccc2O)sc2n1[C@H](c1ccccc1)C1=C(N=2)c2ccccc2CC1. The van der Waals surface area contributed by atoms with Gasteiger partial charge in [-0.2, -0.15) is 0 Å². The van der Waals surface area contributed by atoms with E-state index in [4.69, 9.17) is 16.6 Å². The molecular formula is C27H19ClN2O2S. The first-order valence-electron chi connectivity index (χ1n) is 10.8. The number of hydrogen-bond donors (Lipinski definition) is 1. The van der Waals surface area contributed by atoms with Gasteiger partial charge in [0.1, 0.15) is 5.75 Å². The first-order chi connectivity index (χ1) is 16.1. The van der Waals surface area contributed by atoms with Gasteiger partial charge in [0.2, 0.25) is 0 Å². The molecule has 1 atom stereocenters. The lowest BCUT2D eigenvalue weighted by atomic mass is 9.83. The molecule has 0 amide bonds. The lowest BCUT2D eigenvalue weighted by Gasteiger charge is -2.30. The summed E-state index contributed by atoms with van der Waals surface area (Å²) in [6.45, 7) is 0. The van der Waals surface area contributed by atoms with Crippen molar-refractivity contribution >= 4 is 34.7 Å². The van der Waals surface area contributed by atoms with Gasteiger partial charge in [0.15, 0.2) is 4.80 Å². The number of allylic oxidation sites excluding steroid dienone is 1. The number of phenolic OH excluding ortho intramolecular Hbond substituents is 1. The molecule has 6 heteroatoms. The second-order valence-electron chi connectivity index (χ2n) is 8.23. The third kappa shape index (κ3) is 3.36. The van der Waals surface area contributed by atoms with E-state index in [9.17, 15) is 9.90 Å². The van der Waals surface area contributed by atoms with Gasteiger partial charge in [0.05, 0.1) is 16.3 Å². The van der Waals surface area contributed by atoms with Crippen LogP contribution in [0.5, 0.6) is 5.75 Å². The predicted octanol–water partition coefficient (Wildman–Crippen LogP) is 4.68. The van der Waals surface area contributed by atoms with Gasteiger partial charge in [-0.3, -0.25) is 9.36 Å². The smallest absolute Gasteiger partial charge is 0.271 e. The number of nitrogens with zero attached hydrogens (tertiary/aromatic N) is 2. The summed E-state index contributed by atoms with van der Waals surface area (Å²) in [5, 5.41) is 10.8. The molecule has 162 valence electrons. The summed E-state index contributed by atoms with van der Waals surface area (Å²) in [7, 11) is 0. The Morgan fingerprint density at radius 3 is 2.67 bits per heavy atom. The predicted molar refractivity (Wildman–Crippen MR) is 132 cm³/mol. The number of aromatic hydroxyl groups is 1. The molecule has 0 fully saturated rings. The minimum atomic E-state index is -0.207. The van der Waals surface area contributed by atoms with Crippen LogP contribution in [0.3, 0.4) is 0 Å². The summed E-state index contributed by atoms with van der Waals surface area (Å²) < 4.78 is 2.32. The average Bonchev–Trinajstić information content (AvgIpc) is 3.15. The first kappa shape index (κ1) is 20.2. The van der Waals surface area contributed by atoms with E-state index < -0.39 is 0 Å². The maximum atomic E-state index is 13.7. The average molecular weight is 471 g/mol. The number of hydrogen-bond acceptors (Lipinski definition) is 4. The Labute approximate surface area is 199 Å². The topological polar surface area (TPSA) is 54.6 Å². The molecule has 6 rings (SSSR count). The van der Waals surface area contributed by atoms with Crippen molar-refractivity contribution in [1.29, 1.82) is 0 Å². The highest BCUT2D eigenvalue weighted by Gasteiger charge is 2.32. The fraction of sp³-hybridized carbons (Fsp3) is 0.111. The van der Waals surface area contributed by atoms with Gasteiger partial charge in [-0.1, -0.05) is 77.5 Å². The summed E-state index contributed by atoms with van der Waals surface area (Å²) >= 11 is 7.46. The molecular weight excluding hydrogens is 452 g/mol. The van der Waals surface area contributed by atoms with Crippen molar-refractivity contribution in [3.05, 3.63) is 125 Å². The van der Waals surface area contributed by atoms with E-state index in [2.05, 4.69) is 30.3 Å². The molecule has 33 heavy (non-hydrogen) atoms. The highest BCUT2D eigenvalue weighted by molar-refractivity contribution is 7.07. The van der Waals surface area contributed by atoms with Crippen LogP contribution in [-0.4, -0.2) is 9.67 Å². The summed E-state index contributed by atoms with van der Waals surface area (Å²) in [6, 6.07) is 23.1. The Balaban J connectivity index is 1.64. The zero-order valence-corrected chi connectivity index (χ0v) is 19.1. The van der Waals surface area contributed by atoms with E-state index in [0.717, 1.165) is 29.7 Å². The molecule has 1 N–H and O–H groups in total. The molecule has 0 saturated heterocycles. The van der Waals surface area contributed by atoms with Crippen LogP contribution in [0.25, 0.3) is 11.8 Å². The maximum absolute atomic E-state index is 13.7. The van der Waals surface area contributed by atoms with Crippen LogP contribution in [0.2, 0.25) is 5.02 Å². The van der Waals surface area contributed by atoms with E-state index >= 15 is 0 Å². The van der Waals surface area contributed by atoms with Crippen molar-refractivity contribution in [2.24, 2.45) is 4.99 Å². The minimum Gasteiger partial charge on any atom is -0.507 e. The molecule has 4 nitrogen and oxygen atoms in total. The van der Waals surface area contributed by atoms with Crippen LogP contribution >= 0.6 is 22.9 Å². The molecule has 2 heterocycles. The molecule has 2 aliphatic rings. The highest BCUT2D eigenvalue weighted by Crippen LogP contribution is 2.41. The van der Waals surface area contributed by atoms with Crippen molar-refractivity contribution in [1.82, 2.24) is 4.57 Å². The van der Waals surface area contributed by atoms with Crippen LogP contribution < -0.4 is 14.9 Å². The van der Waals surface area contributed by atoms with Gasteiger partial charge >= 0.3 is 0 Å². The molecule has 1 aliphatic heterocycles. The van der Waals surface area contributed by atoms with E-state index in [1.165, 1.54) is 28.5 Å². The highest BCUT2D eigenvalue weighted by atomic mass is 35.5. The first-order valence-corrected chi connectivity index (χ1v) is 12.0. The van der Waals surface area contributed by atoms with Crippen LogP contribution in [0.1, 0.15) is 34.7 Å². The van der Waals surface area contributed by atoms with Gasteiger partial charge in [-0.05, 0) is 53.8 Å². The Bertz CT molecular complexity index is 1620. The lowest BCUT2D eigenvalue weighted by molar-refractivity contribution is 0.474. The number of phenols is 1. The fourth-order valence-electron chi connectivity index (χ4n) is 4.74. The van der Waals surface area contributed by atoms with Crippen molar-refractivity contribution in [2.45, 2.75) is 18.9 Å². The number of thiazole rings is 1. The molecule has 0 bridgehead atoms. The van der Waals surface area contributed by atoms with Crippen LogP contribution in [-0.2, 0) is 6.42 Å². The summed E-state index contributed by atoms with van der Waals surface area (Å²) in [5.74, 6) is 0.0815. The van der Waals surface area contributed by atoms with Crippen molar-refractivity contribution in [3.8, 4) is 5.75 Å². The van der Waals surface area contributed by atoms with Crippen molar-refractivity contribution in [3.63, 3.8) is 0 Å². The van der Waals surface area contributed by atoms with E-state index in [0.29, 0.717) is 19.9 Å². The molecule has 4 aromatic rings. The number of aromatic nitrogens is 1. The molecule has 0 radical (unpaired) electrons. The van der Waals surface area contributed by atoms with Crippen LogP contribution in [0.4, 0.5) is 0 Å². The standard InChI is InChI=1S/C27H19ClN2O2S/c28-19-11-13-22(31)18(14-19)15-23-26(32)30-25(17-7-2-1-3-8-17)21-12-10-16-6-4-5-9-20(16)24(21)29-27(30)33-23/h1-9,11,13-15,25,31H,10,12H2/b23-15+/t25-/m1/s1. The third-order valence-corrected chi connectivity index (χ3v) is 7.48. The molecule has 0 spiro atoms. The largest absolute Gasteiger partial charge is 0.507 e. The number of halogens is 1. The van der Waals surface area contributed by atoms with Crippen LogP contribution in [0.15, 0.2) is 88.2 Å². The third-order valence-electron chi connectivity index (χ3n) is 6.26. The monoisotopic (exact) mass is 470 g/mol. The van der Waals surface area contributed by atoms with E-state index in [-0.39, 0.29) is 17.4 Å². The minimum absolute atomic E-state index is 0.0815. The van der Waals surface area contributed by atoms with Gasteiger partial charge in [-0.25, -0.2) is 4.99 Å². The molecule has 0 unspecified atom stereocenters. The fourth-order valence-corrected chi connectivity index (χ4v) is 5.91. The molecule has 3 aromatic carbocycles. The van der Waals surface area contributed by atoms with Crippen molar-refractivity contribution < 1.29 is 5.11 Å². The molecule has 0 saturated carbocycles. The van der Waals surface area contributed by atoms with Gasteiger partial charge in [0.25, 0.3) is 5.56 Å². The van der Waals surface area contributed by atoms with Gasteiger partial charge in [-0.15, -0.1) is 0 Å². The van der Waals surface area contributed by atoms with Gasteiger partial charge in [0, 0.05) is 16.1 Å². The van der Waals surface area contributed by atoms with E-state index in [1.54, 1.807) is 22.8 Å². The number of benzene rings is 3. The number of aryl methyl sites for hydroxylation is 1. The Morgan fingerprint density at radius 2 is 1.82 bits per heavy atom. The maximum Gasteiger partial charge on any atom is 0.271 e. The lowest BCUT2D eigenvalue weighted by Crippen LogP contribution is -2.38. The second kappa shape index (κ2) is 7.87. The Kier molecular flexibility index (Phi) is 4.82. The molecule has 1 aliphatic carbocycles. The Hall–Kier alpha value is -3.41. The number of rotatable bonds is 2. The zero-order chi connectivity index (χ0) is 22.5. The van der Waals surface area contributed by atoms with Crippen molar-refractivity contribution in [2.75, 3.05) is 0 Å². The van der Waals surface area contributed by atoms with Crippen LogP contribution in [0, 0.1) is 0 Å². The van der Waals surface area contributed by atoms with Gasteiger partial charge < -0.3 is 5.11 Å². The number of fused-ring (bicyclic) bond motifs is 3. The summed E-state index contributed by atoms with van der Waals surface area (Å²) in [5.41, 5.74) is 6.04. The quantitative estimate of drug-likeness (QED) is 0.462. The molecule has 1 aromatic heterocycles.